The zero-order valence-corrected chi connectivity index (χ0v) is 12.4. The molecule has 1 aromatic rings. The van der Waals surface area contributed by atoms with Crippen molar-refractivity contribution in [3.8, 4) is 0 Å². The van der Waals surface area contributed by atoms with E-state index in [1.54, 1.807) is 6.07 Å². The van der Waals surface area contributed by atoms with Crippen LogP contribution in [0.1, 0.15) is 32.1 Å². The number of likely N-dealkylation sites (tertiary alicyclic amines) is 1. The van der Waals surface area contributed by atoms with Gasteiger partial charge >= 0.3 is 6.03 Å². The van der Waals surface area contributed by atoms with Crippen LogP contribution < -0.4 is 5.32 Å². The Morgan fingerprint density at radius 3 is 2.80 bits per heavy atom. The predicted octanol–water partition coefficient (Wildman–Crippen LogP) is 4.38. The highest BCUT2D eigenvalue weighted by molar-refractivity contribution is 6.30. The summed E-state index contributed by atoms with van der Waals surface area (Å²) in [5, 5.41) is 3.60. The summed E-state index contributed by atoms with van der Waals surface area (Å²) in [4.78, 5) is 14.3. The molecule has 1 saturated carbocycles. The SMILES string of the molecule is O=C(Nc1cccc(Cl)c1)N1CC[C@H]2CCCC[C@H]2C1. The summed E-state index contributed by atoms with van der Waals surface area (Å²) >= 11 is 5.94. The second kappa shape index (κ2) is 6.04. The smallest absolute Gasteiger partial charge is 0.321 e. The van der Waals surface area contributed by atoms with Crippen molar-refractivity contribution in [3.05, 3.63) is 29.3 Å². The summed E-state index contributed by atoms with van der Waals surface area (Å²) in [6.45, 7) is 1.80. The Kier molecular flexibility index (Phi) is 4.16. The third-order valence-electron chi connectivity index (χ3n) is 4.65. The maximum Gasteiger partial charge on any atom is 0.321 e. The van der Waals surface area contributed by atoms with Crippen LogP contribution in [0.25, 0.3) is 0 Å². The molecular formula is C16H21ClN2O. The number of amides is 2. The number of fused-ring (bicyclic) bond motifs is 1. The number of hydrogen-bond acceptors (Lipinski definition) is 1. The monoisotopic (exact) mass is 292 g/mol. The molecule has 2 atom stereocenters. The van der Waals surface area contributed by atoms with Crippen molar-refractivity contribution in [1.82, 2.24) is 4.90 Å². The molecule has 0 radical (unpaired) electrons. The molecule has 0 aromatic heterocycles. The van der Waals surface area contributed by atoms with Crippen molar-refractivity contribution in [2.75, 3.05) is 18.4 Å². The fraction of sp³-hybridized carbons (Fsp3) is 0.562. The van der Waals surface area contributed by atoms with Gasteiger partial charge in [-0.05, 0) is 42.9 Å². The first-order valence-electron chi connectivity index (χ1n) is 7.54. The van der Waals surface area contributed by atoms with E-state index in [9.17, 15) is 4.79 Å². The van der Waals surface area contributed by atoms with Crippen LogP contribution in [0.4, 0.5) is 10.5 Å². The second-order valence-corrected chi connectivity index (χ2v) is 6.42. The molecule has 0 spiro atoms. The zero-order chi connectivity index (χ0) is 13.9. The molecule has 2 fully saturated rings. The number of carbonyl (C=O) groups is 1. The summed E-state index contributed by atoms with van der Waals surface area (Å²) in [5.41, 5.74) is 0.772. The van der Waals surface area contributed by atoms with Crippen molar-refractivity contribution in [3.63, 3.8) is 0 Å². The summed E-state index contributed by atoms with van der Waals surface area (Å²) in [5.74, 6) is 1.56. The second-order valence-electron chi connectivity index (χ2n) is 5.98. The van der Waals surface area contributed by atoms with Gasteiger partial charge in [0.2, 0.25) is 0 Å². The van der Waals surface area contributed by atoms with Crippen LogP contribution in [0, 0.1) is 11.8 Å². The van der Waals surface area contributed by atoms with Crippen LogP contribution in [0.3, 0.4) is 0 Å². The molecule has 0 bridgehead atoms. The number of rotatable bonds is 1. The third-order valence-corrected chi connectivity index (χ3v) is 4.89. The highest BCUT2D eigenvalue weighted by Gasteiger charge is 2.32. The van der Waals surface area contributed by atoms with Crippen molar-refractivity contribution < 1.29 is 4.79 Å². The zero-order valence-electron chi connectivity index (χ0n) is 11.6. The van der Waals surface area contributed by atoms with E-state index in [0.29, 0.717) is 10.9 Å². The van der Waals surface area contributed by atoms with E-state index in [1.165, 1.54) is 25.7 Å². The Hall–Kier alpha value is -1.22. The van der Waals surface area contributed by atoms with Gasteiger partial charge in [-0.15, -0.1) is 0 Å². The standard InChI is InChI=1S/C16H21ClN2O/c17-14-6-3-7-15(10-14)18-16(20)19-9-8-12-4-1-2-5-13(12)11-19/h3,6-7,10,12-13H,1-2,4-5,8-9,11H2,(H,18,20)/t12-,13+/m1/s1. The Bertz CT molecular complexity index is 491. The summed E-state index contributed by atoms with van der Waals surface area (Å²) < 4.78 is 0. The molecule has 108 valence electrons. The van der Waals surface area contributed by atoms with Gasteiger partial charge in [-0.25, -0.2) is 4.79 Å². The van der Waals surface area contributed by atoms with Gasteiger partial charge in [0.05, 0.1) is 0 Å². The predicted molar refractivity (Wildman–Crippen MR) is 82.1 cm³/mol. The average molecular weight is 293 g/mol. The first kappa shape index (κ1) is 13.7. The molecule has 3 nitrogen and oxygen atoms in total. The quantitative estimate of drug-likeness (QED) is 0.818. The van der Waals surface area contributed by atoms with Gasteiger partial charge in [-0.2, -0.15) is 0 Å². The molecule has 20 heavy (non-hydrogen) atoms. The minimum atomic E-state index is 0.0105. The van der Waals surface area contributed by atoms with Crippen molar-refractivity contribution in [2.45, 2.75) is 32.1 Å². The lowest BCUT2D eigenvalue weighted by atomic mass is 9.75. The normalized spacial score (nSPS) is 25.9. The van der Waals surface area contributed by atoms with E-state index in [0.717, 1.165) is 31.1 Å². The molecule has 1 heterocycles. The molecule has 1 saturated heterocycles. The maximum atomic E-state index is 12.3. The van der Waals surface area contributed by atoms with Crippen molar-refractivity contribution in [2.24, 2.45) is 11.8 Å². The van der Waals surface area contributed by atoms with E-state index < -0.39 is 0 Å². The highest BCUT2D eigenvalue weighted by atomic mass is 35.5. The number of carbonyl (C=O) groups excluding carboxylic acids is 1. The fourth-order valence-electron chi connectivity index (χ4n) is 3.55. The number of benzene rings is 1. The van der Waals surface area contributed by atoms with Gasteiger partial charge in [0.15, 0.2) is 0 Å². The minimum absolute atomic E-state index is 0.0105. The number of nitrogens with one attached hydrogen (secondary N) is 1. The first-order valence-corrected chi connectivity index (χ1v) is 7.91. The van der Waals surface area contributed by atoms with Crippen LogP contribution in [-0.4, -0.2) is 24.0 Å². The molecule has 3 rings (SSSR count). The molecule has 2 amide bonds. The van der Waals surface area contributed by atoms with Gasteiger partial charge < -0.3 is 10.2 Å². The number of urea groups is 1. The number of halogens is 1. The molecule has 1 aliphatic heterocycles. The first-order chi connectivity index (χ1) is 9.72. The van der Waals surface area contributed by atoms with Gasteiger partial charge in [-0.1, -0.05) is 36.9 Å². The van der Waals surface area contributed by atoms with E-state index in [2.05, 4.69) is 5.32 Å². The van der Waals surface area contributed by atoms with Crippen LogP contribution >= 0.6 is 11.6 Å². The average Bonchev–Trinajstić information content (AvgIpc) is 2.47. The Labute approximate surface area is 125 Å². The van der Waals surface area contributed by atoms with Crippen LogP contribution in [0.15, 0.2) is 24.3 Å². The molecule has 0 unspecified atom stereocenters. The van der Waals surface area contributed by atoms with Crippen LogP contribution in [-0.2, 0) is 0 Å². The lowest BCUT2D eigenvalue weighted by Gasteiger charge is -2.41. The summed E-state index contributed by atoms with van der Waals surface area (Å²) in [7, 11) is 0. The molecule has 1 N–H and O–H groups in total. The largest absolute Gasteiger partial charge is 0.324 e. The van der Waals surface area contributed by atoms with Crippen LogP contribution in [0.2, 0.25) is 5.02 Å². The topological polar surface area (TPSA) is 32.3 Å². The molecule has 2 aliphatic rings. The van der Waals surface area contributed by atoms with E-state index in [4.69, 9.17) is 11.6 Å². The third kappa shape index (κ3) is 3.09. The van der Waals surface area contributed by atoms with Gasteiger partial charge in [0, 0.05) is 23.8 Å². The van der Waals surface area contributed by atoms with Gasteiger partial charge in [0.1, 0.15) is 0 Å². The molecule has 1 aromatic carbocycles. The van der Waals surface area contributed by atoms with Crippen molar-refractivity contribution in [1.29, 1.82) is 0 Å². The lowest BCUT2D eigenvalue weighted by Crippen LogP contribution is -2.46. The summed E-state index contributed by atoms with van der Waals surface area (Å²) in [6, 6.07) is 7.33. The van der Waals surface area contributed by atoms with E-state index >= 15 is 0 Å². The Morgan fingerprint density at radius 2 is 2.00 bits per heavy atom. The Balaban J connectivity index is 1.60. The highest BCUT2D eigenvalue weighted by Crippen LogP contribution is 2.36. The van der Waals surface area contributed by atoms with E-state index in [-0.39, 0.29) is 6.03 Å². The van der Waals surface area contributed by atoms with Gasteiger partial charge in [0.25, 0.3) is 0 Å². The molecular weight excluding hydrogens is 272 g/mol. The molecule has 1 aliphatic carbocycles. The van der Waals surface area contributed by atoms with Crippen molar-refractivity contribution >= 4 is 23.3 Å². The number of piperidine rings is 1. The van der Waals surface area contributed by atoms with Gasteiger partial charge in [-0.3, -0.25) is 0 Å². The minimum Gasteiger partial charge on any atom is -0.324 e. The van der Waals surface area contributed by atoms with Crippen LogP contribution in [0.5, 0.6) is 0 Å². The number of hydrogen-bond donors (Lipinski definition) is 1. The maximum absolute atomic E-state index is 12.3. The number of nitrogens with zero attached hydrogens (tertiary/aromatic N) is 1. The lowest BCUT2D eigenvalue weighted by molar-refractivity contribution is 0.108. The fourth-order valence-corrected chi connectivity index (χ4v) is 3.74. The molecule has 4 heteroatoms. The summed E-state index contributed by atoms with van der Waals surface area (Å²) in [6.07, 6.45) is 6.49. The number of anilines is 1. The Morgan fingerprint density at radius 1 is 1.20 bits per heavy atom. The van der Waals surface area contributed by atoms with E-state index in [1.807, 2.05) is 23.1 Å².